The number of carbonyl (C=O) groups is 2. The molecule has 0 unspecified atom stereocenters. The zero-order valence-corrected chi connectivity index (χ0v) is 14.9. The Kier molecular flexibility index (Phi) is 6.05. The van der Waals surface area contributed by atoms with E-state index in [4.69, 9.17) is 10.00 Å². The number of anilines is 1. The molecular formula is C19H21N5O3. The first-order valence-corrected chi connectivity index (χ1v) is 8.87. The van der Waals surface area contributed by atoms with Gasteiger partial charge in [0, 0.05) is 12.2 Å². The second kappa shape index (κ2) is 8.85. The van der Waals surface area contributed by atoms with Crippen LogP contribution in [0.2, 0.25) is 0 Å². The van der Waals surface area contributed by atoms with E-state index in [-0.39, 0.29) is 31.0 Å². The third-order valence-electron chi connectivity index (χ3n) is 4.30. The Morgan fingerprint density at radius 3 is 2.67 bits per heavy atom. The van der Waals surface area contributed by atoms with Crippen molar-refractivity contribution >= 4 is 17.5 Å². The molecule has 1 aromatic heterocycles. The molecule has 2 amide bonds. The van der Waals surface area contributed by atoms with Gasteiger partial charge in [-0.1, -0.05) is 12.8 Å². The zero-order chi connectivity index (χ0) is 19.1. The van der Waals surface area contributed by atoms with Gasteiger partial charge in [-0.2, -0.15) is 10.4 Å². The number of nitrogens with zero attached hydrogens (tertiary/aromatic N) is 3. The van der Waals surface area contributed by atoms with Crippen LogP contribution in [0.25, 0.3) is 0 Å². The molecule has 1 aliphatic carbocycles. The minimum absolute atomic E-state index is 0.0768. The Balaban J connectivity index is 1.43. The Hall–Kier alpha value is -3.34. The second-order valence-corrected chi connectivity index (χ2v) is 6.45. The molecule has 1 aliphatic rings. The lowest BCUT2D eigenvalue weighted by atomic mass is 10.2. The molecule has 2 N–H and O–H groups in total. The molecule has 0 saturated heterocycles. The molecule has 8 heteroatoms. The molecule has 3 rings (SSSR count). The monoisotopic (exact) mass is 367 g/mol. The normalized spacial score (nSPS) is 13.7. The molecule has 0 radical (unpaired) electrons. The number of carbonyl (C=O) groups excluding carboxylic acids is 2. The van der Waals surface area contributed by atoms with Crippen molar-refractivity contribution < 1.29 is 14.3 Å². The number of nitriles is 1. The van der Waals surface area contributed by atoms with E-state index in [1.165, 1.54) is 10.9 Å². The number of nitrogens with one attached hydrogen (secondary N) is 2. The summed E-state index contributed by atoms with van der Waals surface area (Å²) in [5.74, 6) is 0.0878. The van der Waals surface area contributed by atoms with Gasteiger partial charge in [0.15, 0.2) is 6.61 Å². The smallest absolute Gasteiger partial charge is 0.262 e. The highest BCUT2D eigenvalue weighted by atomic mass is 16.5. The van der Waals surface area contributed by atoms with Crippen LogP contribution in [0.3, 0.4) is 0 Å². The standard InChI is InChI=1S/C19H21N5O3/c20-9-14-5-7-17(8-6-14)27-13-19(26)23-16-10-21-24(11-16)12-18(25)22-15-3-1-2-4-15/h5-8,10-11,15H,1-4,12-13H2,(H,22,25)(H,23,26). The van der Waals surface area contributed by atoms with Crippen molar-refractivity contribution in [1.82, 2.24) is 15.1 Å². The third kappa shape index (κ3) is 5.57. The third-order valence-corrected chi connectivity index (χ3v) is 4.30. The largest absolute Gasteiger partial charge is 0.484 e. The minimum Gasteiger partial charge on any atom is -0.484 e. The SMILES string of the molecule is N#Cc1ccc(OCC(=O)Nc2cnn(CC(=O)NC3CCCC3)c2)cc1. The number of aromatic nitrogens is 2. The van der Waals surface area contributed by atoms with Gasteiger partial charge >= 0.3 is 0 Å². The van der Waals surface area contributed by atoms with Crippen molar-refractivity contribution in [2.75, 3.05) is 11.9 Å². The summed E-state index contributed by atoms with van der Waals surface area (Å²) in [6, 6.07) is 8.79. The molecule has 1 saturated carbocycles. The second-order valence-electron chi connectivity index (χ2n) is 6.45. The van der Waals surface area contributed by atoms with Gasteiger partial charge in [0.2, 0.25) is 5.91 Å². The number of amides is 2. The maximum Gasteiger partial charge on any atom is 0.262 e. The molecule has 2 aromatic rings. The van der Waals surface area contributed by atoms with Gasteiger partial charge in [0.25, 0.3) is 5.91 Å². The Bertz CT molecular complexity index is 832. The van der Waals surface area contributed by atoms with Crippen LogP contribution in [-0.2, 0) is 16.1 Å². The van der Waals surface area contributed by atoms with E-state index in [2.05, 4.69) is 15.7 Å². The fraction of sp³-hybridized carbons (Fsp3) is 0.368. The Morgan fingerprint density at radius 2 is 1.96 bits per heavy atom. The maximum absolute atomic E-state index is 12.0. The van der Waals surface area contributed by atoms with Gasteiger partial charge in [0.1, 0.15) is 12.3 Å². The number of benzene rings is 1. The summed E-state index contributed by atoms with van der Waals surface area (Å²) in [6.45, 7) is -0.0483. The number of hydrogen-bond donors (Lipinski definition) is 2. The van der Waals surface area contributed by atoms with Crippen LogP contribution >= 0.6 is 0 Å². The number of hydrogen-bond acceptors (Lipinski definition) is 5. The summed E-state index contributed by atoms with van der Waals surface area (Å²) in [4.78, 5) is 24.0. The number of rotatable bonds is 7. The molecule has 0 spiro atoms. The quantitative estimate of drug-likeness (QED) is 0.776. The molecule has 8 nitrogen and oxygen atoms in total. The highest BCUT2D eigenvalue weighted by molar-refractivity contribution is 5.91. The lowest BCUT2D eigenvalue weighted by Gasteiger charge is -2.11. The summed E-state index contributed by atoms with van der Waals surface area (Å²) < 4.78 is 6.86. The van der Waals surface area contributed by atoms with E-state index in [1.54, 1.807) is 30.5 Å². The molecule has 1 heterocycles. The Labute approximate surface area is 157 Å². The lowest BCUT2D eigenvalue weighted by Crippen LogP contribution is -2.35. The van der Waals surface area contributed by atoms with E-state index >= 15 is 0 Å². The van der Waals surface area contributed by atoms with Crippen LogP contribution in [0.1, 0.15) is 31.2 Å². The van der Waals surface area contributed by atoms with Crippen LogP contribution in [-0.4, -0.2) is 34.2 Å². The highest BCUT2D eigenvalue weighted by Crippen LogP contribution is 2.17. The molecule has 1 fully saturated rings. The van der Waals surface area contributed by atoms with Crippen molar-refractivity contribution in [1.29, 1.82) is 5.26 Å². The van der Waals surface area contributed by atoms with Crippen molar-refractivity contribution in [3.05, 3.63) is 42.2 Å². The van der Waals surface area contributed by atoms with Crippen LogP contribution in [0.4, 0.5) is 5.69 Å². The molecule has 0 atom stereocenters. The Morgan fingerprint density at radius 1 is 1.22 bits per heavy atom. The maximum atomic E-state index is 12.0. The van der Waals surface area contributed by atoms with E-state index in [1.807, 2.05) is 6.07 Å². The first-order valence-electron chi connectivity index (χ1n) is 8.87. The number of ether oxygens (including phenoxy) is 1. The molecule has 1 aromatic carbocycles. The fourth-order valence-corrected chi connectivity index (χ4v) is 2.98. The predicted octanol–water partition coefficient (Wildman–Crippen LogP) is 1.83. The fourth-order valence-electron chi connectivity index (χ4n) is 2.98. The van der Waals surface area contributed by atoms with Crippen LogP contribution in [0, 0.1) is 11.3 Å². The highest BCUT2D eigenvalue weighted by Gasteiger charge is 2.17. The van der Waals surface area contributed by atoms with Crippen molar-refractivity contribution in [3.8, 4) is 11.8 Å². The van der Waals surface area contributed by atoms with Gasteiger partial charge in [-0.25, -0.2) is 0 Å². The first kappa shape index (κ1) is 18.5. The van der Waals surface area contributed by atoms with Crippen LogP contribution in [0.5, 0.6) is 5.75 Å². The van der Waals surface area contributed by atoms with Gasteiger partial charge in [-0.05, 0) is 37.1 Å². The van der Waals surface area contributed by atoms with Gasteiger partial charge in [-0.3, -0.25) is 14.3 Å². The van der Waals surface area contributed by atoms with E-state index in [9.17, 15) is 9.59 Å². The summed E-state index contributed by atoms with van der Waals surface area (Å²) in [5, 5.41) is 18.5. The first-order chi connectivity index (χ1) is 13.1. The minimum atomic E-state index is -0.339. The molecule has 0 aliphatic heterocycles. The summed E-state index contributed by atoms with van der Waals surface area (Å²) in [6.07, 6.45) is 7.48. The molecule has 27 heavy (non-hydrogen) atoms. The van der Waals surface area contributed by atoms with E-state index in [0.717, 1.165) is 25.7 Å². The predicted molar refractivity (Wildman–Crippen MR) is 97.9 cm³/mol. The summed E-state index contributed by atoms with van der Waals surface area (Å²) >= 11 is 0. The average molecular weight is 367 g/mol. The average Bonchev–Trinajstić information content (AvgIpc) is 3.32. The van der Waals surface area contributed by atoms with Gasteiger partial charge in [-0.15, -0.1) is 0 Å². The van der Waals surface area contributed by atoms with Crippen molar-refractivity contribution in [3.63, 3.8) is 0 Å². The van der Waals surface area contributed by atoms with Crippen molar-refractivity contribution in [2.24, 2.45) is 0 Å². The zero-order valence-electron chi connectivity index (χ0n) is 14.9. The lowest BCUT2D eigenvalue weighted by molar-refractivity contribution is -0.122. The topological polar surface area (TPSA) is 109 Å². The summed E-state index contributed by atoms with van der Waals surface area (Å²) in [7, 11) is 0. The van der Waals surface area contributed by atoms with Gasteiger partial charge < -0.3 is 15.4 Å². The van der Waals surface area contributed by atoms with E-state index in [0.29, 0.717) is 17.0 Å². The van der Waals surface area contributed by atoms with Crippen LogP contribution in [0.15, 0.2) is 36.7 Å². The molecule has 0 bridgehead atoms. The van der Waals surface area contributed by atoms with Crippen LogP contribution < -0.4 is 15.4 Å². The van der Waals surface area contributed by atoms with Crippen molar-refractivity contribution in [2.45, 2.75) is 38.3 Å². The van der Waals surface area contributed by atoms with Gasteiger partial charge in [0.05, 0.1) is 23.5 Å². The molecule has 140 valence electrons. The summed E-state index contributed by atoms with van der Waals surface area (Å²) in [5.41, 5.74) is 1.02. The van der Waals surface area contributed by atoms with E-state index < -0.39 is 0 Å². The molecular weight excluding hydrogens is 346 g/mol.